The third kappa shape index (κ3) is 3.84. The van der Waals surface area contributed by atoms with Gasteiger partial charge in [0.2, 0.25) is 0 Å². The number of carbonyl (C=O) groups is 2. The lowest BCUT2D eigenvalue weighted by molar-refractivity contribution is -0.228. The van der Waals surface area contributed by atoms with Crippen LogP contribution in [0.1, 0.15) is 50.5 Å². The number of nitrogens with one attached hydrogen (secondary N) is 1. The first-order valence-corrected chi connectivity index (χ1v) is 9.25. The minimum atomic E-state index is -1.01. The number of carboxylic acid groups (broad SMARTS) is 1. The molecule has 1 aromatic carbocycles. The summed E-state index contributed by atoms with van der Waals surface area (Å²) < 4.78 is 17.3. The first-order valence-electron chi connectivity index (χ1n) is 9.25. The third-order valence-corrected chi connectivity index (χ3v) is 5.86. The number of benzene rings is 1. The van der Waals surface area contributed by atoms with E-state index in [2.05, 4.69) is 5.32 Å². The van der Waals surface area contributed by atoms with Crippen molar-refractivity contribution in [2.75, 3.05) is 6.67 Å². The van der Waals surface area contributed by atoms with Gasteiger partial charge in [0.25, 0.3) is 0 Å². The van der Waals surface area contributed by atoms with Gasteiger partial charge in [0.15, 0.2) is 0 Å². The summed E-state index contributed by atoms with van der Waals surface area (Å²) in [4.78, 5) is 23.7. The highest BCUT2D eigenvalue weighted by Gasteiger charge is 2.71. The van der Waals surface area contributed by atoms with Gasteiger partial charge in [-0.3, -0.25) is 4.39 Å². The van der Waals surface area contributed by atoms with Crippen molar-refractivity contribution in [3.05, 3.63) is 35.9 Å². The molecule has 26 heavy (non-hydrogen) atoms. The SMILES string of the molecule is O=C(NC(C(=O)O)C12CC(CCCCCF)(C1)C2)OCc1ccccc1. The zero-order valence-corrected chi connectivity index (χ0v) is 14.9. The van der Waals surface area contributed by atoms with E-state index in [-0.39, 0.29) is 24.1 Å². The van der Waals surface area contributed by atoms with Gasteiger partial charge >= 0.3 is 12.1 Å². The summed E-state index contributed by atoms with van der Waals surface area (Å²) in [6.07, 6.45) is 5.29. The van der Waals surface area contributed by atoms with Gasteiger partial charge in [0.1, 0.15) is 12.6 Å². The molecule has 0 aliphatic heterocycles. The van der Waals surface area contributed by atoms with E-state index in [4.69, 9.17) is 4.74 Å². The topological polar surface area (TPSA) is 75.6 Å². The predicted molar refractivity (Wildman–Crippen MR) is 94.3 cm³/mol. The Labute approximate surface area is 152 Å². The van der Waals surface area contributed by atoms with Gasteiger partial charge in [-0.15, -0.1) is 0 Å². The Morgan fingerprint density at radius 2 is 1.85 bits per heavy atom. The summed E-state index contributed by atoms with van der Waals surface area (Å²) in [6.45, 7) is -0.155. The van der Waals surface area contributed by atoms with Crippen LogP contribution >= 0.6 is 0 Å². The highest BCUT2D eigenvalue weighted by molar-refractivity contribution is 5.81. The largest absolute Gasteiger partial charge is 0.480 e. The molecule has 142 valence electrons. The molecular weight excluding hydrogens is 337 g/mol. The molecule has 1 amide bonds. The van der Waals surface area contributed by atoms with Gasteiger partial charge in [-0.2, -0.15) is 0 Å². The molecule has 0 heterocycles. The molecule has 4 rings (SSSR count). The minimum absolute atomic E-state index is 0.116. The van der Waals surface area contributed by atoms with E-state index >= 15 is 0 Å². The van der Waals surface area contributed by atoms with Gasteiger partial charge in [-0.1, -0.05) is 43.2 Å². The molecular formula is C20H26FNO4. The van der Waals surface area contributed by atoms with E-state index in [9.17, 15) is 19.1 Å². The highest BCUT2D eigenvalue weighted by atomic mass is 19.1. The van der Waals surface area contributed by atoms with E-state index in [0.29, 0.717) is 6.42 Å². The van der Waals surface area contributed by atoms with Crippen LogP contribution in [0.2, 0.25) is 0 Å². The Hall–Kier alpha value is -2.11. The molecule has 0 aromatic heterocycles. The lowest BCUT2D eigenvalue weighted by atomic mass is 9.32. The molecule has 1 unspecified atom stereocenters. The van der Waals surface area contributed by atoms with Crippen molar-refractivity contribution in [1.82, 2.24) is 5.32 Å². The molecule has 3 aliphatic rings. The smallest absolute Gasteiger partial charge is 0.408 e. The number of hydrogen-bond acceptors (Lipinski definition) is 3. The lowest BCUT2D eigenvalue weighted by Gasteiger charge is -2.72. The summed E-state index contributed by atoms with van der Waals surface area (Å²) in [7, 11) is 0. The van der Waals surface area contributed by atoms with Crippen LogP contribution in [-0.4, -0.2) is 29.9 Å². The van der Waals surface area contributed by atoms with Crippen LogP contribution in [0.25, 0.3) is 0 Å². The van der Waals surface area contributed by atoms with Crippen LogP contribution in [-0.2, 0) is 16.1 Å². The normalized spacial score (nSPS) is 27.0. The molecule has 0 spiro atoms. The van der Waals surface area contributed by atoms with Gasteiger partial charge < -0.3 is 15.2 Å². The quantitative estimate of drug-likeness (QED) is 0.615. The molecule has 0 radical (unpaired) electrons. The Bertz CT molecular complexity index is 629. The number of unbranched alkanes of at least 4 members (excludes halogenated alkanes) is 2. The first kappa shape index (κ1) is 18.7. The monoisotopic (exact) mass is 363 g/mol. The summed E-state index contributed by atoms with van der Waals surface area (Å²) in [5.41, 5.74) is 0.740. The molecule has 3 saturated carbocycles. The Morgan fingerprint density at radius 1 is 1.15 bits per heavy atom. The second-order valence-corrected chi connectivity index (χ2v) is 7.87. The van der Waals surface area contributed by atoms with Gasteiger partial charge in [0.05, 0.1) is 6.67 Å². The standard InChI is InChI=1S/C20H26FNO4/c21-10-6-2-5-9-19-12-20(13-19,14-19)16(17(23)24)22-18(25)26-11-15-7-3-1-4-8-15/h1,3-4,7-8,16H,2,5-6,9-14H2,(H,22,25)(H,23,24). The average Bonchev–Trinajstić information content (AvgIpc) is 2.56. The molecule has 5 nitrogen and oxygen atoms in total. The number of halogens is 1. The van der Waals surface area contributed by atoms with Crippen molar-refractivity contribution in [2.24, 2.45) is 10.8 Å². The van der Waals surface area contributed by atoms with Crippen LogP contribution in [0.15, 0.2) is 30.3 Å². The zero-order valence-electron chi connectivity index (χ0n) is 14.9. The van der Waals surface area contributed by atoms with Crippen molar-refractivity contribution in [3.63, 3.8) is 0 Å². The first-order chi connectivity index (χ1) is 12.5. The molecule has 3 aliphatic carbocycles. The number of aliphatic carboxylic acids is 1. The molecule has 6 heteroatoms. The maximum absolute atomic E-state index is 12.1. The summed E-state index contributed by atoms with van der Waals surface area (Å²) in [5.74, 6) is -1.01. The average molecular weight is 363 g/mol. The van der Waals surface area contributed by atoms with E-state index in [1.807, 2.05) is 30.3 Å². The molecule has 1 atom stereocenters. The molecule has 2 N–H and O–H groups in total. The fourth-order valence-corrected chi connectivity index (χ4v) is 4.79. The third-order valence-electron chi connectivity index (χ3n) is 5.86. The van der Waals surface area contributed by atoms with Crippen molar-refractivity contribution < 1.29 is 23.8 Å². The maximum atomic E-state index is 12.1. The Kier molecular flexibility index (Phi) is 5.49. The minimum Gasteiger partial charge on any atom is -0.480 e. The van der Waals surface area contributed by atoms with E-state index in [1.54, 1.807) is 0 Å². The van der Waals surface area contributed by atoms with Crippen molar-refractivity contribution in [1.29, 1.82) is 0 Å². The van der Waals surface area contributed by atoms with Crippen LogP contribution in [0.4, 0.5) is 9.18 Å². The van der Waals surface area contributed by atoms with Crippen LogP contribution in [0.5, 0.6) is 0 Å². The van der Waals surface area contributed by atoms with Crippen LogP contribution < -0.4 is 5.32 Å². The van der Waals surface area contributed by atoms with Gasteiger partial charge in [-0.25, -0.2) is 9.59 Å². The fraction of sp³-hybridized carbons (Fsp3) is 0.600. The predicted octanol–water partition coefficient (Wildman–Crippen LogP) is 4.07. The van der Waals surface area contributed by atoms with Crippen LogP contribution in [0, 0.1) is 10.8 Å². The number of carboxylic acids is 1. The second kappa shape index (κ2) is 7.64. The number of carbonyl (C=O) groups excluding carboxylic acids is 1. The molecule has 1 aromatic rings. The number of amides is 1. The Morgan fingerprint density at radius 3 is 2.46 bits per heavy atom. The maximum Gasteiger partial charge on any atom is 0.408 e. The number of hydrogen-bond donors (Lipinski definition) is 2. The fourth-order valence-electron chi connectivity index (χ4n) is 4.79. The van der Waals surface area contributed by atoms with E-state index in [1.165, 1.54) is 0 Å². The van der Waals surface area contributed by atoms with E-state index in [0.717, 1.165) is 44.1 Å². The van der Waals surface area contributed by atoms with Crippen molar-refractivity contribution in [2.45, 2.75) is 57.6 Å². The summed E-state index contributed by atoms with van der Waals surface area (Å²) in [5, 5.41) is 12.1. The summed E-state index contributed by atoms with van der Waals surface area (Å²) in [6, 6.07) is 8.36. The molecule has 2 bridgehead atoms. The number of rotatable bonds is 10. The van der Waals surface area contributed by atoms with Crippen molar-refractivity contribution in [3.8, 4) is 0 Å². The molecule has 3 fully saturated rings. The number of alkyl halides is 1. The molecule has 0 saturated heterocycles. The number of ether oxygens (including phenoxy) is 1. The number of alkyl carbamates (subject to hydrolysis) is 1. The van der Waals surface area contributed by atoms with Crippen LogP contribution in [0.3, 0.4) is 0 Å². The second-order valence-electron chi connectivity index (χ2n) is 7.87. The Balaban J connectivity index is 1.46. The summed E-state index contributed by atoms with van der Waals surface area (Å²) >= 11 is 0. The van der Waals surface area contributed by atoms with Crippen molar-refractivity contribution >= 4 is 12.1 Å². The van der Waals surface area contributed by atoms with Gasteiger partial charge in [-0.05, 0) is 43.1 Å². The van der Waals surface area contributed by atoms with Gasteiger partial charge in [0, 0.05) is 5.41 Å². The highest BCUT2D eigenvalue weighted by Crippen LogP contribution is 2.76. The van der Waals surface area contributed by atoms with E-state index < -0.39 is 18.1 Å². The lowest BCUT2D eigenvalue weighted by Crippen LogP contribution is -2.71. The zero-order chi connectivity index (χ0) is 18.6.